The largest absolute Gasteiger partial charge is 0.397 e. The molecular formula is C12H14F2N4. The van der Waals surface area contributed by atoms with Gasteiger partial charge in [0.05, 0.1) is 17.6 Å². The minimum Gasteiger partial charge on any atom is -0.397 e. The predicted octanol–water partition coefficient (Wildman–Crippen LogP) is 1.94. The molecule has 0 bridgehead atoms. The summed E-state index contributed by atoms with van der Waals surface area (Å²) in [5.74, 6) is -1.85. The smallest absolute Gasteiger partial charge is 0.183 e. The molecule has 0 atom stereocenters. The molecule has 4 nitrogen and oxygen atoms in total. The predicted molar refractivity (Wildman–Crippen MR) is 66.2 cm³/mol. The van der Waals surface area contributed by atoms with E-state index in [1.807, 2.05) is 13.2 Å². The molecule has 18 heavy (non-hydrogen) atoms. The summed E-state index contributed by atoms with van der Waals surface area (Å²) in [5.41, 5.74) is 6.81. The number of halogens is 2. The van der Waals surface area contributed by atoms with Gasteiger partial charge in [-0.05, 0) is 24.1 Å². The molecule has 1 aromatic carbocycles. The number of hydrogen-bond donors (Lipinski definition) is 2. The van der Waals surface area contributed by atoms with Crippen molar-refractivity contribution in [2.75, 3.05) is 17.6 Å². The first-order valence-corrected chi connectivity index (χ1v) is 5.53. The van der Waals surface area contributed by atoms with Gasteiger partial charge in [0, 0.05) is 19.8 Å². The van der Waals surface area contributed by atoms with Crippen LogP contribution < -0.4 is 11.1 Å². The van der Waals surface area contributed by atoms with Gasteiger partial charge in [-0.1, -0.05) is 0 Å². The van der Waals surface area contributed by atoms with Crippen LogP contribution in [0.2, 0.25) is 0 Å². The first kappa shape index (κ1) is 12.3. The average molecular weight is 252 g/mol. The van der Waals surface area contributed by atoms with E-state index in [2.05, 4.69) is 10.4 Å². The third-order valence-corrected chi connectivity index (χ3v) is 2.60. The van der Waals surface area contributed by atoms with Gasteiger partial charge in [-0.25, -0.2) is 8.78 Å². The van der Waals surface area contributed by atoms with E-state index in [1.165, 1.54) is 6.07 Å². The monoisotopic (exact) mass is 252 g/mol. The van der Waals surface area contributed by atoms with Crippen molar-refractivity contribution in [3.63, 3.8) is 0 Å². The van der Waals surface area contributed by atoms with Crippen LogP contribution in [0.4, 0.5) is 20.2 Å². The van der Waals surface area contributed by atoms with Gasteiger partial charge in [0.2, 0.25) is 0 Å². The van der Waals surface area contributed by atoms with Gasteiger partial charge in [0.15, 0.2) is 11.6 Å². The van der Waals surface area contributed by atoms with E-state index in [1.54, 1.807) is 10.9 Å². The second kappa shape index (κ2) is 5.03. The second-order valence-corrected chi connectivity index (χ2v) is 4.02. The SMILES string of the molecule is Cn1cc(CCNc2c(N)ccc(F)c2F)cn1. The Morgan fingerprint density at radius 2 is 2.17 bits per heavy atom. The van der Waals surface area contributed by atoms with Gasteiger partial charge in [-0.3, -0.25) is 4.68 Å². The summed E-state index contributed by atoms with van der Waals surface area (Å²) in [4.78, 5) is 0. The highest BCUT2D eigenvalue weighted by Crippen LogP contribution is 2.24. The van der Waals surface area contributed by atoms with Crippen LogP contribution in [0.25, 0.3) is 0 Å². The van der Waals surface area contributed by atoms with Crippen LogP contribution in [0.1, 0.15) is 5.56 Å². The third-order valence-electron chi connectivity index (χ3n) is 2.60. The molecule has 96 valence electrons. The third kappa shape index (κ3) is 2.58. The molecule has 3 N–H and O–H groups in total. The fourth-order valence-corrected chi connectivity index (χ4v) is 1.68. The van der Waals surface area contributed by atoms with Crippen LogP contribution in [0.3, 0.4) is 0 Å². The highest BCUT2D eigenvalue weighted by atomic mass is 19.2. The first-order chi connectivity index (χ1) is 8.58. The molecule has 0 radical (unpaired) electrons. The zero-order valence-corrected chi connectivity index (χ0v) is 9.95. The highest BCUT2D eigenvalue weighted by Gasteiger charge is 2.11. The summed E-state index contributed by atoms with van der Waals surface area (Å²) in [6.45, 7) is 0.455. The number of benzene rings is 1. The molecule has 1 aromatic heterocycles. The van der Waals surface area contributed by atoms with Crippen LogP contribution in [0.15, 0.2) is 24.5 Å². The summed E-state index contributed by atoms with van der Waals surface area (Å²) >= 11 is 0. The Balaban J connectivity index is 2.00. The quantitative estimate of drug-likeness (QED) is 0.817. The van der Waals surface area contributed by atoms with Crippen molar-refractivity contribution in [3.8, 4) is 0 Å². The van der Waals surface area contributed by atoms with Gasteiger partial charge in [0.1, 0.15) is 0 Å². The molecule has 0 aliphatic carbocycles. The van der Waals surface area contributed by atoms with Crippen LogP contribution in [0.5, 0.6) is 0 Å². The molecule has 2 aromatic rings. The van der Waals surface area contributed by atoms with E-state index in [0.717, 1.165) is 11.6 Å². The summed E-state index contributed by atoms with van der Waals surface area (Å²) in [5, 5.41) is 6.82. The van der Waals surface area contributed by atoms with Crippen LogP contribution in [-0.2, 0) is 13.5 Å². The van der Waals surface area contributed by atoms with Gasteiger partial charge in [0.25, 0.3) is 0 Å². The second-order valence-electron chi connectivity index (χ2n) is 4.02. The van der Waals surface area contributed by atoms with Crippen molar-refractivity contribution in [2.45, 2.75) is 6.42 Å². The number of nitrogens with one attached hydrogen (secondary N) is 1. The van der Waals surface area contributed by atoms with E-state index >= 15 is 0 Å². The van der Waals surface area contributed by atoms with E-state index in [0.29, 0.717) is 13.0 Å². The zero-order chi connectivity index (χ0) is 13.1. The Kier molecular flexibility index (Phi) is 3.45. The molecule has 0 fully saturated rings. The fourth-order valence-electron chi connectivity index (χ4n) is 1.68. The Hall–Kier alpha value is -2.11. The number of nitrogens with zero attached hydrogens (tertiary/aromatic N) is 2. The van der Waals surface area contributed by atoms with E-state index in [9.17, 15) is 8.78 Å². The molecule has 1 heterocycles. The lowest BCUT2D eigenvalue weighted by atomic mass is 10.2. The number of aromatic nitrogens is 2. The molecule has 6 heteroatoms. The molecule has 0 amide bonds. The number of rotatable bonds is 4. The summed E-state index contributed by atoms with van der Waals surface area (Å²) < 4.78 is 28.2. The summed E-state index contributed by atoms with van der Waals surface area (Å²) in [6, 6.07) is 2.35. The maximum absolute atomic E-state index is 13.5. The van der Waals surface area contributed by atoms with Crippen LogP contribution in [-0.4, -0.2) is 16.3 Å². The van der Waals surface area contributed by atoms with Gasteiger partial charge in [-0.15, -0.1) is 0 Å². The minimum absolute atomic E-state index is 0.0129. The Bertz CT molecular complexity index is 551. The lowest BCUT2D eigenvalue weighted by Gasteiger charge is -2.10. The fraction of sp³-hybridized carbons (Fsp3) is 0.250. The first-order valence-electron chi connectivity index (χ1n) is 5.53. The van der Waals surface area contributed by atoms with Gasteiger partial charge >= 0.3 is 0 Å². The number of anilines is 2. The van der Waals surface area contributed by atoms with Crippen molar-refractivity contribution in [2.24, 2.45) is 7.05 Å². The maximum atomic E-state index is 13.5. The summed E-state index contributed by atoms with van der Waals surface area (Å²) in [7, 11) is 1.82. The molecule has 0 aliphatic rings. The molecular weight excluding hydrogens is 238 g/mol. The number of nitrogens with two attached hydrogens (primary N) is 1. The van der Waals surface area contributed by atoms with Crippen molar-refractivity contribution < 1.29 is 8.78 Å². The normalized spacial score (nSPS) is 10.6. The van der Waals surface area contributed by atoms with Crippen molar-refractivity contribution in [1.29, 1.82) is 0 Å². The molecule has 0 saturated heterocycles. The van der Waals surface area contributed by atoms with Gasteiger partial charge in [-0.2, -0.15) is 5.10 Å². The van der Waals surface area contributed by atoms with Crippen molar-refractivity contribution in [3.05, 3.63) is 41.7 Å². The van der Waals surface area contributed by atoms with Crippen molar-refractivity contribution >= 4 is 11.4 Å². The highest BCUT2D eigenvalue weighted by molar-refractivity contribution is 5.66. The van der Waals surface area contributed by atoms with Crippen LogP contribution in [0, 0.1) is 11.6 Å². The van der Waals surface area contributed by atoms with Crippen molar-refractivity contribution in [1.82, 2.24) is 9.78 Å². The standard InChI is InChI=1S/C12H14F2N4/c1-18-7-8(6-17-18)4-5-16-12-10(15)3-2-9(13)11(12)14/h2-3,6-7,16H,4-5,15H2,1H3. The number of aryl methyl sites for hydroxylation is 1. The Morgan fingerprint density at radius 3 is 2.83 bits per heavy atom. The molecule has 2 rings (SSSR count). The van der Waals surface area contributed by atoms with E-state index in [-0.39, 0.29) is 11.4 Å². The van der Waals surface area contributed by atoms with E-state index < -0.39 is 11.6 Å². The maximum Gasteiger partial charge on any atom is 0.183 e. The van der Waals surface area contributed by atoms with Crippen LogP contribution >= 0.6 is 0 Å². The molecule has 0 unspecified atom stereocenters. The number of nitrogen functional groups attached to an aromatic ring is 1. The lowest BCUT2D eigenvalue weighted by molar-refractivity contribution is 0.511. The average Bonchev–Trinajstić information content (AvgIpc) is 2.74. The Morgan fingerprint density at radius 1 is 1.39 bits per heavy atom. The molecule has 0 aliphatic heterocycles. The molecule has 0 spiro atoms. The Labute approximate surface area is 103 Å². The van der Waals surface area contributed by atoms with E-state index in [4.69, 9.17) is 5.73 Å². The molecule has 0 saturated carbocycles. The number of hydrogen-bond acceptors (Lipinski definition) is 3. The minimum atomic E-state index is -0.943. The summed E-state index contributed by atoms with van der Waals surface area (Å²) in [6.07, 6.45) is 4.25. The topological polar surface area (TPSA) is 55.9 Å². The van der Waals surface area contributed by atoms with Gasteiger partial charge < -0.3 is 11.1 Å². The zero-order valence-electron chi connectivity index (χ0n) is 9.95. The lowest BCUT2D eigenvalue weighted by Crippen LogP contribution is -2.09.